The van der Waals surface area contributed by atoms with Crippen LogP contribution in [-0.2, 0) is 16.0 Å². The summed E-state index contributed by atoms with van der Waals surface area (Å²) in [7, 11) is 0. The zero-order valence-corrected chi connectivity index (χ0v) is 19.6. The number of fused-ring (bicyclic) bond motifs is 3. The maximum absolute atomic E-state index is 12.5. The van der Waals surface area contributed by atoms with Crippen molar-refractivity contribution in [2.24, 2.45) is 0 Å². The van der Waals surface area contributed by atoms with E-state index in [4.69, 9.17) is 21.1 Å². The average Bonchev–Trinajstić information content (AvgIpc) is 3.33. The van der Waals surface area contributed by atoms with E-state index in [2.05, 4.69) is 31.9 Å². The average molecular weight is 460 g/mol. The minimum Gasteiger partial charge on any atom is -0.444 e. The Bertz CT molecular complexity index is 1020. The van der Waals surface area contributed by atoms with E-state index < -0.39 is 5.60 Å². The van der Waals surface area contributed by atoms with Crippen LogP contribution < -0.4 is 4.90 Å². The number of hydrogen-bond acceptors (Lipinski definition) is 7. The molecular formula is C23H30ClN5O3. The number of ether oxygens (including phenoxy) is 2. The first kappa shape index (κ1) is 21.7. The summed E-state index contributed by atoms with van der Waals surface area (Å²) in [5, 5.41) is 1.29. The Balaban J connectivity index is 1.32. The molecule has 0 aliphatic carbocycles. The summed E-state index contributed by atoms with van der Waals surface area (Å²) in [4.78, 5) is 28.1. The molecule has 1 aromatic heterocycles. The molecule has 0 radical (unpaired) electrons. The van der Waals surface area contributed by atoms with Gasteiger partial charge in [0, 0.05) is 50.2 Å². The molecule has 3 aliphatic heterocycles. The van der Waals surface area contributed by atoms with Gasteiger partial charge in [-0.15, -0.1) is 0 Å². The summed E-state index contributed by atoms with van der Waals surface area (Å²) in [6, 6.07) is 6.93. The van der Waals surface area contributed by atoms with E-state index in [1.165, 1.54) is 5.56 Å². The highest BCUT2D eigenvalue weighted by Gasteiger charge is 2.46. The minimum atomic E-state index is -0.465. The van der Waals surface area contributed by atoms with Crippen molar-refractivity contribution in [3.8, 4) is 0 Å². The molecule has 0 spiro atoms. The van der Waals surface area contributed by atoms with Gasteiger partial charge < -0.3 is 19.3 Å². The second-order valence-corrected chi connectivity index (χ2v) is 10.2. The number of rotatable bonds is 3. The standard InChI is InChI=1S/C23H30ClN5O3/c1-23(2,3)32-22(30)29-14-16-11-17(29)13-28(16)12-15-4-5-19-18(10-15)20(26-21(24)25-19)27-6-8-31-9-7-27/h4-5,10,16-17H,6-9,11-14H2,1-3H3/t16-,17-/m0/s1. The Kier molecular flexibility index (Phi) is 5.63. The lowest BCUT2D eigenvalue weighted by Crippen LogP contribution is -2.49. The van der Waals surface area contributed by atoms with Gasteiger partial charge in [-0.05, 0) is 56.5 Å². The second kappa shape index (κ2) is 8.32. The van der Waals surface area contributed by atoms with Gasteiger partial charge in [0.2, 0.25) is 5.28 Å². The second-order valence-electron chi connectivity index (χ2n) is 9.87. The molecule has 0 saturated carbocycles. The Morgan fingerprint density at radius 1 is 1.19 bits per heavy atom. The first-order valence-corrected chi connectivity index (χ1v) is 11.7. The van der Waals surface area contributed by atoms with Crippen LogP contribution in [0.2, 0.25) is 5.28 Å². The van der Waals surface area contributed by atoms with Gasteiger partial charge in [-0.3, -0.25) is 4.90 Å². The van der Waals surface area contributed by atoms with E-state index in [-0.39, 0.29) is 17.4 Å². The molecule has 172 valence electrons. The number of benzene rings is 1. The summed E-state index contributed by atoms with van der Waals surface area (Å²) in [5.41, 5.74) is 1.61. The first-order chi connectivity index (χ1) is 15.3. The summed E-state index contributed by atoms with van der Waals surface area (Å²) in [6.45, 7) is 11.1. The number of anilines is 1. The van der Waals surface area contributed by atoms with Gasteiger partial charge >= 0.3 is 6.09 Å². The lowest BCUT2D eigenvalue weighted by molar-refractivity contribution is 0.0124. The Hall–Kier alpha value is -2.16. The lowest BCUT2D eigenvalue weighted by atomic mass is 10.1. The molecule has 8 nitrogen and oxygen atoms in total. The molecule has 2 bridgehead atoms. The van der Waals surface area contributed by atoms with Crippen molar-refractivity contribution in [3.63, 3.8) is 0 Å². The fraction of sp³-hybridized carbons (Fsp3) is 0.609. The van der Waals surface area contributed by atoms with Gasteiger partial charge in [0.15, 0.2) is 0 Å². The maximum Gasteiger partial charge on any atom is 0.410 e. The molecule has 3 saturated heterocycles. The van der Waals surface area contributed by atoms with E-state index in [0.717, 1.165) is 55.9 Å². The number of halogens is 1. The van der Waals surface area contributed by atoms with Crippen LogP contribution in [0, 0.1) is 0 Å². The zero-order chi connectivity index (χ0) is 22.5. The highest BCUT2D eigenvalue weighted by molar-refractivity contribution is 6.28. The number of amides is 1. The Labute approximate surface area is 193 Å². The quantitative estimate of drug-likeness (QED) is 0.652. The molecule has 0 N–H and O–H groups in total. The van der Waals surface area contributed by atoms with Gasteiger partial charge in [-0.2, -0.15) is 4.98 Å². The van der Waals surface area contributed by atoms with Gasteiger partial charge in [0.1, 0.15) is 11.4 Å². The third-order valence-corrected chi connectivity index (χ3v) is 6.56. The van der Waals surface area contributed by atoms with Crippen molar-refractivity contribution in [3.05, 3.63) is 29.0 Å². The van der Waals surface area contributed by atoms with Gasteiger partial charge in [0.05, 0.1) is 18.7 Å². The van der Waals surface area contributed by atoms with Crippen LogP contribution in [0.3, 0.4) is 0 Å². The zero-order valence-electron chi connectivity index (χ0n) is 18.9. The highest BCUT2D eigenvalue weighted by Crippen LogP contribution is 2.34. The van der Waals surface area contributed by atoms with Crippen molar-refractivity contribution in [1.82, 2.24) is 19.8 Å². The number of likely N-dealkylation sites (tertiary alicyclic amines) is 2. The van der Waals surface area contributed by atoms with E-state index >= 15 is 0 Å². The maximum atomic E-state index is 12.5. The third kappa shape index (κ3) is 4.36. The number of carbonyl (C=O) groups excluding carboxylic acids is 1. The van der Waals surface area contributed by atoms with E-state index in [1.54, 1.807) is 0 Å². The molecule has 9 heteroatoms. The molecule has 1 amide bonds. The van der Waals surface area contributed by atoms with Crippen LogP contribution in [0.15, 0.2) is 18.2 Å². The smallest absolute Gasteiger partial charge is 0.410 e. The van der Waals surface area contributed by atoms with Gasteiger partial charge in [0.25, 0.3) is 0 Å². The Morgan fingerprint density at radius 2 is 1.97 bits per heavy atom. The molecule has 3 aliphatic rings. The van der Waals surface area contributed by atoms with E-state index in [1.807, 2.05) is 31.7 Å². The van der Waals surface area contributed by atoms with Crippen LogP contribution in [0.4, 0.5) is 10.6 Å². The molecule has 2 aromatic rings. The molecule has 3 fully saturated rings. The predicted molar refractivity (Wildman–Crippen MR) is 123 cm³/mol. The first-order valence-electron chi connectivity index (χ1n) is 11.3. The number of piperazine rings is 1. The summed E-state index contributed by atoms with van der Waals surface area (Å²) in [6.07, 6.45) is 0.810. The third-order valence-electron chi connectivity index (χ3n) is 6.39. The highest BCUT2D eigenvalue weighted by atomic mass is 35.5. The largest absolute Gasteiger partial charge is 0.444 e. The van der Waals surface area contributed by atoms with Gasteiger partial charge in [-0.1, -0.05) is 6.07 Å². The van der Waals surface area contributed by atoms with Crippen molar-refractivity contribution in [1.29, 1.82) is 0 Å². The van der Waals surface area contributed by atoms with Crippen molar-refractivity contribution in [2.75, 3.05) is 44.3 Å². The van der Waals surface area contributed by atoms with E-state index in [9.17, 15) is 4.79 Å². The lowest BCUT2D eigenvalue weighted by Gasteiger charge is -2.35. The molecule has 32 heavy (non-hydrogen) atoms. The molecule has 5 rings (SSSR count). The minimum absolute atomic E-state index is 0.195. The number of aromatic nitrogens is 2. The molecule has 4 heterocycles. The molecular weight excluding hydrogens is 430 g/mol. The molecule has 0 unspecified atom stereocenters. The van der Waals surface area contributed by atoms with Crippen LogP contribution in [0.5, 0.6) is 0 Å². The van der Waals surface area contributed by atoms with Crippen LogP contribution in [-0.4, -0.2) is 82.9 Å². The predicted octanol–water partition coefficient (Wildman–Crippen LogP) is 3.31. The monoisotopic (exact) mass is 459 g/mol. The molecule has 2 atom stereocenters. The normalized spacial score (nSPS) is 23.9. The number of nitrogens with zero attached hydrogens (tertiary/aromatic N) is 5. The SMILES string of the molecule is CC(C)(C)OC(=O)N1C[C@@H]2C[C@H]1CN2Cc1ccc2nc(Cl)nc(N3CCOCC3)c2c1. The van der Waals surface area contributed by atoms with E-state index in [0.29, 0.717) is 19.3 Å². The number of carbonyl (C=O) groups is 1. The van der Waals surface area contributed by atoms with Crippen LogP contribution >= 0.6 is 11.6 Å². The Morgan fingerprint density at radius 3 is 2.66 bits per heavy atom. The van der Waals surface area contributed by atoms with Crippen LogP contribution in [0.1, 0.15) is 32.8 Å². The number of hydrogen-bond donors (Lipinski definition) is 0. The summed E-state index contributed by atoms with van der Waals surface area (Å²) < 4.78 is 11.1. The molecule has 1 aromatic carbocycles. The fourth-order valence-electron chi connectivity index (χ4n) is 4.97. The fourth-order valence-corrected chi connectivity index (χ4v) is 5.14. The number of morpholine rings is 1. The topological polar surface area (TPSA) is 71.0 Å². The summed E-state index contributed by atoms with van der Waals surface area (Å²) in [5.74, 6) is 0.879. The van der Waals surface area contributed by atoms with Crippen molar-refractivity contribution >= 4 is 34.4 Å². The van der Waals surface area contributed by atoms with Crippen molar-refractivity contribution < 1.29 is 14.3 Å². The summed E-state index contributed by atoms with van der Waals surface area (Å²) >= 11 is 6.21. The van der Waals surface area contributed by atoms with Crippen molar-refractivity contribution in [2.45, 2.75) is 51.4 Å². The van der Waals surface area contributed by atoms with Crippen LogP contribution in [0.25, 0.3) is 10.9 Å². The van der Waals surface area contributed by atoms with Gasteiger partial charge in [-0.25, -0.2) is 9.78 Å².